The number of amides is 1. The number of aliphatic hydroxyl groups is 1. The first kappa shape index (κ1) is 16.0. The molecule has 0 aliphatic carbocycles. The molecule has 0 heterocycles. The Labute approximate surface area is 133 Å². The molecule has 2 atom stereocenters. The molecule has 0 bridgehead atoms. The van der Waals surface area contributed by atoms with E-state index in [2.05, 4.69) is 27.9 Å². The van der Waals surface area contributed by atoms with Crippen LogP contribution in [0.3, 0.4) is 0 Å². The summed E-state index contributed by atoms with van der Waals surface area (Å²) in [4.78, 5) is 12.0. The first-order chi connectivity index (χ1) is 8.36. The highest BCUT2D eigenvalue weighted by atomic mass is 127. The van der Waals surface area contributed by atoms with E-state index in [-0.39, 0.29) is 35.8 Å². The summed E-state index contributed by atoms with van der Waals surface area (Å²) in [5.41, 5.74) is 0.267. The van der Waals surface area contributed by atoms with Crippen molar-refractivity contribution in [3.8, 4) is 5.75 Å². The highest BCUT2D eigenvalue weighted by molar-refractivity contribution is 14.1. The molecule has 1 rings (SSSR count). The van der Waals surface area contributed by atoms with Crippen LogP contribution >= 0.6 is 45.2 Å². The Bertz CT molecular complexity index is 451. The fourth-order valence-electron chi connectivity index (χ4n) is 1.32. The fraction of sp³-hybridized carbons (Fsp3) is 0.417. The lowest BCUT2D eigenvalue weighted by atomic mass is 10.0. The van der Waals surface area contributed by atoms with Gasteiger partial charge in [-0.2, -0.15) is 0 Å². The Kier molecular flexibility index (Phi) is 6.12. The van der Waals surface area contributed by atoms with E-state index in [1.54, 1.807) is 12.1 Å². The Hall–Kier alpha value is -0.0900. The van der Waals surface area contributed by atoms with Crippen molar-refractivity contribution >= 4 is 51.1 Å². The standard InChI is InChI=1S/C12H15I2NO3/c1-6(5-16)7(2)15-12(18)9-3-8(13)4-10(14)11(9)17/h3-4,6-7,16-17H,5H2,1-2H3,(H,15,18). The summed E-state index contributed by atoms with van der Waals surface area (Å²) in [6.45, 7) is 3.69. The molecule has 0 saturated carbocycles. The molecule has 1 aromatic rings. The van der Waals surface area contributed by atoms with Gasteiger partial charge in [0, 0.05) is 16.2 Å². The Morgan fingerprint density at radius 2 is 2.00 bits per heavy atom. The van der Waals surface area contributed by atoms with E-state index in [9.17, 15) is 9.90 Å². The maximum atomic E-state index is 12.0. The summed E-state index contributed by atoms with van der Waals surface area (Å²) >= 11 is 4.09. The molecule has 1 aromatic carbocycles. The molecule has 6 heteroatoms. The highest BCUT2D eigenvalue weighted by Gasteiger charge is 2.19. The van der Waals surface area contributed by atoms with Crippen molar-refractivity contribution in [1.82, 2.24) is 5.32 Å². The molecular weight excluding hydrogens is 460 g/mol. The quantitative estimate of drug-likeness (QED) is 0.587. The van der Waals surface area contributed by atoms with E-state index in [1.165, 1.54) is 0 Å². The lowest BCUT2D eigenvalue weighted by molar-refractivity contribution is 0.0913. The van der Waals surface area contributed by atoms with Crippen molar-refractivity contribution in [1.29, 1.82) is 0 Å². The number of halogens is 2. The molecule has 0 spiro atoms. The normalized spacial score (nSPS) is 14.1. The number of benzene rings is 1. The number of aromatic hydroxyl groups is 1. The molecule has 100 valence electrons. The Morgan fingerprint density at radius 3 is 2.56 bits per heavy atom. The Balaban J connectivity index is 2.91. The molecule has 1 amide bonds. The monoisotopic (exact) mass is 475 g/mol. The second kappa shape index (κ2) is 6.90. The van der Waals surface area contributed by atoms with E-state index in [0.717, 1.165) is 3.57 Å². The van der Waals surface area contributed by atoms with E-state index in [4.69, 9.17) is 5.11 Å². The number of aliphatic hydroxyl groups excluding tert-OH is 1. The first-order valence-corrected chi connectivity index (χ1v) is 7.62. The number of hydrogen-bond donors (Lipinski definition) is 3. The maximum Gasteiger partial charge on any atom is 0.255 e. The molecule has 2 unspecified atom stereocenters. The predicted octanol–water partition coefficient (Wildman–Crippen LogP) is 2.35. The second-order valence-corrected chi connectivity index (χ2v) is 6.61. The lowest BCUT2D eigenvalue weighted by Crippen LogP contribution is -2.38. The van der Waals surface area contributed by atoms with Gasteiger partial charge in [-0.05, 0) is 70.2 Å². The summed E-state index contributed by atoms with van der Waals surface area (Å²) in [7, 11) is 0. The third-order valence-electron chi connectivity index (χ3n) is 2.77. The zero-order valence-corrected chi connectivity index (χ0v) is 14.4. The van der Waals surface area contributed by atoms with Gasteiger partial charge in [0.2, 0.25) is 0 Å². The molecule has 18 heavy (non-hydrogen) atoms. The van der Waals surface area contributed by atoms with Gasteiger partial charge in [-0.15, -0.1) is 0 Å². The van der Waals surface area contributed by atoms with Gasteiger partial charge in [-0.25, -0.2) is 0 Å². The summed E-state index contributed by atoms with van der Waals surface area (Å²) in [5, 5.41) is 21.7. The van der Waals surface area contributed by atoms with E-state index >= 15 is 0 Å². The van der Waals surface area contributed by atoms with Crippen LogP contribution in [0.4, 0.5) is 0 Å². The minimum atomic E-state index is -0.322. The number of hydrogen-bond acceptors (Lipinski definition) is 3. The van der Waals surface area contributed by atoms with Crippen LogP contribution in [-0.4, -0.2) is 28.8 Å². The van der Waals surface area contributed by atoms with Crippen molar-refractivity contribution in [3.05, 3.63) is 24.8 Å². The molecule has 3 N–H and O–H groups in total. The molecular formula is C12H15I2NO3. The Morgan fingerprint density at radius 1 is 1.39 bits per heavy atom. The largest absolute Gasteiger partial charge is 0.506 e. The minimum absolute atomic E-state index is 0.00244. The summed E-state index contributed by atoms with van der Waals surface area (Å²) < 4.78 is 1.54. The van der Waals surface area contributed by atoms with Crippen molar-refractivity contribution < 1.29 is 15.0 Å². The van der Waals surface area contributed by atoms with Crippen LogP contribution < -0.4 is 5.32 Å². The van der Waals surface area contributed by atoms with Gasteiger partial charge in [0.1, 0.15) is 5.75 Å². The highest BCUT2D eigenvalue weighted by Crippen LogP contribution is 2.27. The molecule has 0 fully saturated rings. The molecule has 0 radical (unpaired) electrons. The van der Waals surface area contributed by atoms with Crippen LogP contribution in [0.15, 0.2) is 12.1 Å². The zero-order chi connectivity index (χ0) is 13.9. The average molecular weight is 475 g/mol. The average Bonchev–Trinajstić information content (AvgIpc) is 2.32. The summed E-state index contributed by atoms with van der Waals surface area (Å²) in [5.74, 6) is -0.355. The number of phenolic OH excluding ortho intramolecular Hbond substituents is 1. The van der Waals surface area contributed by atoms with Crippen LogP contribution in [-0.2, 0) is 0 Å². The summed E-state index contributed by atoms with van der Waals surface area (Å²) in [6, 6.07) is 3.29. The lowest BCUT2D eigenvalue weighted by Gasteiger charge is -2.19. The number of carbonyl (C=O) groups is 1. The third kappa shape index (κ3) is 3.95. The van der Waals surface area contributed by atoms with Gasteiger partial charge in [-0.3, -0.25) is 4.79 Å². The van der Waals surface area contributed by atoms with Crippen LogP contribution in [0, 0.1) is 13.1 Å². The second-order valence-electron chi connectivity index (χ2n) is 4.21. The van der Waals surface area contributed by atoms with Crippen molar-refractivity contribution in [2.45, 2.75) is 19.9 Å². The SMILES string of the molecule is CC(CO)C(C)NC(=O)c1cc(I)cc(I)c1O. The number of nitrogens with one attached hydrogen (secondary N) is 1. The molecule has 0 aromatic heterocycles. The van der Waals surface area contributed by atoms with Crippen molar-refractivity contribution in [2.75, 3.05) is 6.61 Å². The van der Waals surface area contributed by atoms with Crippen LogP contribution in [0.5, 0.6) is 5.75 Å². The van der Waals surface area contributed by atoms with Crippen LogP contribution in [0.1, 0.15) is 24.2 Å². The fourth-order valence-corrected chi connectivity index (χ4v) is 3.17. The van der Waals surface area contributed by atoms with Crippen molar-refractivity contribution in [2.24, 2.45) is 5.92 Å². The predicted molar refractivity (Wildman–Crippen MR) is 86.7 cm³/mol. The third-order valence-corrected chi connectivity index (χ3v) is 4.22. The maximum absolute atomic E-state index is 12.0. The van der Waals surface area contributed by atoms with Gasteiger partial charge in [0.15, 0.2) is 0 Å². The van der Waals surface area contributed by atoms with Gasteiger partial charge in [0.25, 0.3) is 5.91 Å². The van der Waals surface area contributed by atoms with Gasteiger partial charge < -0.3 is 15.5 Å². The van der Waals surface area contributed by atoms with Crippen molar-refractivity contribution in [3.63, 3.8) is 0 Å². The van der Waals surface area contributed by atoms with Gasteiger partial charge in [-0.1, -0.05) is 6.92 Å². The van der Waals surface area contributed by atoms with E-state index < -0.39 is 0 Å². The number of carbonyl (C=O) groups excluding carboxylic acids is 1. The van der Waals surface area contributed by atoms with E-state index in [1.807, 2.05) is 36.4 Å². The minimum Gasteiger partial charge on any atom is -0.506 e. The van der Waals surface area contributed by atoms with Crippen LogP contribution in [0.2, 0.25) is 0 Å². The zero-order valence-electron chi connectivity index (χ0n) is 10.1. The molecule has 4 nitrogen and oxygen atoms in total. The van der Waals surface area contributed by atoms with Crippen LogP contribution in [0.25, 0.3) is 0 Å². The number of phenols is 1. The molecule has 0 aliphatic rings. The number of rotatable bonds is 4. The molecule has 0 aliphatic heterocycles. The smallest absolute Gasteiger partial charge is 0.255 e. The summed E-state index contributed by atoms with van der Waals surface area (Å²) in [6.07, 6.45) is 0. The van der Waals surface area contributed by atoms with Gasteiger partial charge in [0.05, 0.1) is 9.13 Å². The molecule has 0 saturated heterocycles. The topological polar surface area (TPSA) is 69.6 Å². The van der Waals surface area contributed by atoms with E-state index in [0.29, 0.717) is 3.57 Å². The first-order valence-electron chi connectivity index (χ1n) is 5.46. The van der Waals surface area contributed by atoms with Gasteiger partial charge >= 0.3 is 0 Å².